The minimum atomic E-state index is -0.606. The molecular formula is C10H13ClN4O3. The van der Waals surface area contributed by atoms with Crippen molar-refractivity contribution in [3.05, 3.63) is 38.9 Å². The lowest BCUT2D eigenvalue weighted by Gasteiger charge is -2.06. The van der Waals surface area contributed by atoms with Crippen molar-refractivity contribution in [3.63, 3.8) is 0 Å². The highest BCUT2D eigenvalue weighted by atomic mass is 35.5. The molecule has 0 atom stereocenters. The number of carbonyl (C=O) groups is 1. The molecule has 1 rings (SSSR count). The van der Waals surface area contributed by atoms with Gasteiger partial charge in [-0.1, -0.05) is 11.6 Å². The van der Waals surface area contributed by atoms with Crippen LogP contribution in [-0.4, -0.2) is 24.0 Å². The summed E-state index contributed by atoms with van der Waals surface area (Å²) in [6.07, 6.45) is 0. The molecular weight excluding hydrogens is 260 g/mol. The van der Waals surface area contributed by atoms with Crippen LogP contribution >= 0.6 is 11.6 Å². The van der Waals surface area contributed by atoms with E-state index in [1.165, 1.54) is 18.2 Å². The van der Waals surface area contributed by atoms with Crippen LogP contribution in [0.1, 0.15) is 5.56 Å². The highest BCUT2D eigenvalue weighted by Crippen LogP contribution is 2.22. The Kier molecular flexibility index (Phi) is 5.34. The van der Waals surface area contributed by atoms with Gasteiger partial charge in [-0.3, -0.25) is 10.1 Å². The fraction of sp³-hybridized carbons (Fsp3) is 0.300. The van der Waals surface area contributed by atoms with Crippen LogP contribution in [0.3, 0.4) is 0 Å². The molecule has 1 aromatic rings. The van der Waals surface area contributed by atoms with Gasteiger partial charge in [-0.05, 0) is 12.1 Å². The van der Waals surface area contributed by atoms with E-state index in [-0.39, 0.29) is 12.2 Å². The van der Waals surface area contributed by atoms with E-state index in [0.717, 1.165) is 0 Å². The van der Waals surface area contributed by atoms with E-state index < -0.39 is 11.0 Å². The lowest BCUT2D eigenvalue weighted by atomic mass is 10.2. The normalized spacial score (nSPS) is 10.1. The highest BCUT2D eigenvalue weighted by Gasteiger charge is 2.13. The number of halogens is 1. The number of carbonyl (C=O) groups excluding carboxylic acids is 1. The van der Waals surface area contributed by atoms with Crippen LogP contribution in [0.2, 0.25) is 5.02 Å². The smallest absolute Gasteiger partial charge is 0.312 e. The van der Waals surface area contributed by atoms with Gasteiger partial charge in [0.25, 0.3) is 5.69 Å². The van der Waals surface area contributed by atoms with E-state index >= 15 is 0 Å². The van der Waals surface area contributed by atoms with Crippen molar-refractivity contribution in [3.8, 4) is 0 Å². The number of nitro groups is 1. The quantitative estimate of drug-likeness (QED) is 0.408. The van der Waals surface area contributed by atoms with Gasteiger partial charge in [0.15, 0.2) is 0 Å². The summed E-state index contributed by atoms with van der Waals surface area (Å²) in [5, 5.41) is 16.6. The molecule has 0 spiro atoms. The standard InChI is InChI=1S/C10H13ClN4O3/c11-8-1-2-9(15(17)18)7(5-8)6-13-3-4-14-10(12)16/h1-2,5,13H,3-4,6H2,(H3,12,14,16). The summed E-state index contributed by atoms with van der Waals surface area (Å²) < 4.78 is 0. The summed E-state index contributed by atoms with van der Waals surface area (Å²) in [7, 11) is 0. The predicted octanol–water partition coefficient (Wildman–Crippen LogP) is 1.01. The Morgan fingerprint density at radius 2 is 2.17 bits per heavy atom. The molecule has 0 aliphatic heterocycles. The average Bonchev–Trinajstić information content (AvgIpc) is 2.27. The first kappa shape index (κ1) is 14.2. The second kappa shape index (κ2) is 6.77. The Morgan fingerprint density at radius 1 is 1.44 bits per heavy atom. The van der Waals surface area contributed by atoms with Gasteiger partial charge in [0.1, 0.15) is 0 Å². The molecule has 7 nitrogen and oxygen atoms in total. The first-order valence-corrected chi connectivity index (χ1v) is 5.55. The van der Waals surface area contributed by atoms with Crippen molar-refractivity contribution in [1.82, 2.24) is 10.6 Å². The lowest BCUT2D eigenvalue weighted by molar-refractivity contribution is -0.385. The summed E-state index contributed by atoms with van der Waals surface area (Å²) >= 11 is 5.78. The molecule has 0 heterocycles. The van der Waals surface area contributed by atoms with Crippen LogP contribution in [-0.2, 0) is 6.54 Å². The van der Waals surface area contributed by atoms with E-state index in [2.05, 4.69) is 10.6 Å². The van der Waals surface area contributed by atoms with Crippen molar-refractivity contribution in [2.45, 2.75) is 6.54 Å². The number of hydrogen-bond donors (Lipinski definition) is 3. The summed E-state index contributed by atoms with van der Waals surface area (Å²) in [4.78, 5) is 20.7. The topological polar surface area (TPSA) is 110 Å². The molecule has 0 aliphatic rings. The van der Waals surface area contributed by atoms with Gasteiger partial charge in [0.05, 0.1) is 4.92 Å². The van der Waals surface area contributed by atoms with Crippen molar-refractivity contribution in [2.75, 3.05) is 13.1 Å². The molecule has 0 aliphatic carbocycles. The minimum absolute atomic E-state index is 0.00904. The highest BCUT2D eigenvalue weighted by molar-refractivity contribution is 6.30. The molecule has 0 bridgehead atoms. The lowest BCUT2D eigenvalue weighted by Crippen LogP contribution is -2.35. The number of urea groups is 1. The monoisotopic (exact) mass is 272 g/mol. The number of amides is 2. The van der Waals surface area contributed by atoms with Crippen molar-refractivity contribution < 1.29 is 9.72 Å². The molecule has 0 saturated heterocycles. The molecule has 0 saturated carbocycles. The maximum absolute atomic E-state index is 10.8. The molecule has 4 N–H and O–H groups in total. The number of primary amides is 1. The largest absolute Gasteiger partial charge is 0.352 e. The number of benzene rings is 1. The molecule has 8 heteroatoms. The third-order valence-electron chi connectivity index (χ3n) is 2.15. The van der Waals surface area contributed by atoms with Gasteiger partial charge in [0.2, 0.25) is 0 Å². The van der Waals surface area contributed by atoms with Crippen LogP contribution in [0.5, 0.6) is 0 Å². The van der Waals surface area contributed by atoms with Crippen LogP contribution in [0.15, 0.2) is 18.2 Å². The second-order valence-electron chi connectivity index (χ2n) is 3.50. The maximum atomic E-state index is 10.8. The maximum Gasteiger partial charge on any atom is 0.312 e. The number of rotatable bonds is 6. The zero-order valence-electron chi connectivity index (χ0n) is 9.48. The van der Waals surface area contributed by atoms with Gasteiger partial charge in [-0.25, -0.2) is 4.79 Å². The van der Waals surface area contributed by atoms with E-state index in [1.54, 1.807) is 0 Å². The zero-order chi connectivity index (χ0) is 13.5. The summed E-state index contributed by atoms with van der Waals surface area (Å²) in [5.74, 6) is 0. The Labute approximate surface area is 108 Å². The summed E-state index contributed by atoms with van der Waals surface area (Å²) in [6, 6.07) is 3.76. The average molecular weight is 273 g/mol. The van der Waals surface area contributed by atoms with Crippen molar-refractivity contribution >= 4 is 23.3 Å². The van der Waals surface area contributed by atoms with E-state index in [9.17, 15) is 14.9 Å². The van der Waals surface area contributed by atoms with Gasteiger partial charge < -0.3 is 16.4 Å². The van der Waals surface area contributed by atoms with Crippen LogP contribution in [0, 0.1) is 10.1 Å². The van der Waals surface area contributed by atoms with Gasteiger partial charge in [0, 0.05) is 36.3 Å². The summed E-state index contributed by atoms with van der Waals surface area (Å²) in [5.41, 5.74) is 5.39. The Morgan fingerprint density at radius 3 is 2.78 bits per heavy atom. The van der Waals surface area contributed by atoms with Gasteiger partial charge in [-0.2, -0.15) is 0 Å². The van der Waals surface area contributed by atoms with Gasteiger partial charge in [-0.15, -0.1) is 0 Å². The molecule has 0 fully saturated rings. The number of hydrogen-bond acceptors (Lipinski definition) is 4. The number of nitrogens with zero attached hydrogens (tertiary/aromatic N) is 1. The number of nitro benzene ring substituents is 1. The van der Waals surface area contributed by atoms with Crippen LogP contribution < -0.4 is 16.4 Å². The fourth-order valence-corrected chi connectivity index (χ4v) is 1.57. The molecule has 0 radical (unpaired) electrons. The van der Waals surface area contributed by atoms with Crippen LogP contribution in [0.4, 0.5) is 10.5 Å². The predicted molar refractivity (Wildman–Crippen MR) is 67.4 cm³/mol. The van der Waals surface area contributed by atoms with E-state index in [4.69, 9.17) is 17.3 Å². The second-order valence-corrected chi connectivity index (χ2v) is 3.93. The van der Waals surface area contributed by atoms with E-state index in [0.29, 0.717) is 23.7 Å². The fourth-order valence-electron chi connectivity index (χ4n) is 1.37. The third-order valence-corrected chi connectivity index (χ3v) is 2.39. The Balaban J connectivity index is 2.53. The Bertz CT molecular complexity index is 453. The molecule has 2 amide bonds. The molecule has 0 aromatic heterocycles. The first-order chi connectivity index (χ1) is 8.50. The van der Waals surface area contributed by atoms with Crippen molar-refractivity contribution in [2.24, 2.45) is 5.73 Å². The minimum Gasteiger partial charge on any atom is -0.352 e. The zero-order valence-corrected chi connectivity index (χ0v) is 10.2. The molecule has 0 unspecified atom stereocenters. The third kappa shape index (κ3) is 4.56. The van der Waals surface area contributed by atoms with Crippen LogP contribution in [0.25, 0.3) is 0 Å². The van der Waals surface area contributed by atoms with Gasteiger partial charge >= 0.3 is 6.03 Å². The van der Waals surface area contributed by atoms with Crippen molar-refractivity contribution in [1.29, 1.82) is 0 Å². The molecule has 98 valence electrons. The van der Waals surface area contributed by atoms with E-state index in [1.807, 2.05) is 0 Å². The molecule has 18 heavy (non-hydrogen) atoms. The SMILES string of the molecule is NC(=O)NCCNCc1cc(Cl)ccc1[N+](=O)[O-]. The first-order valence-electron chi connectivity index (χ1n) is 5.17. The number of nitrogens with one attached hydrogen (secondary N) is 2. The number of nitrogens with two attached hydrogens (primary N) is 1. The Hall–Kier alpha value is -1.86. The summed E-state index contributed by atoms with van der Waals surface area (Å²) in [6.45, 7) is 1.09. The molecule has 1 aromatic carbocycles.